The van der Waals surface area contributed by atoms with Gasteiger partial charge < -0.3 is 9.64 Å². The Bertz CT molecular complexity index is 4080. The van der Waals surface area contributed by atoms with Crippen molar-refractivity contribution in [1.82, 2.24) is 0 Å². The predicted octanol–water partition coefficient (Wildman–Crippen LogP) is 17.7. The molecular formula is C70H45NO. The quantitative estimate of drug-likeness (QED) is 0.174. The van der Waals surface area contributed by atoms with Crippen LogP contribution in [0.3, 0.4) is 0 Å². The van der Waals surface area contributed by atoms with Crippen LogP contribution in [-0.2, 0) is 17.3 Å². The van der Waals surface area contributed by atoms with Gasteiger partial charge in [0.25, 0.3) is 0 Å². The molecule has 0 bridgehead atoms. The highest BCUT2D eigenvalue weighted by Gasteiger charge is 2.53. The summed E-state index contributed by atoms with van der Waals surface area (Å²) in [6, 6.07) is 88.7. The van der Waals surface area contributed by atoms with Crippen molar-refractivity contribution in [3.8, 4) is 56.0 Å². The molecule has 4 aliphatic carbocycles. The monoisotopic (exact) mass is 915 g/mol. The molecule has 5 aliphatic rings. The van der Waals surface area contributed by atoms with Gasteiger partial charge in [-0.15, -0.1) is 0 Å². The molecule has 0 aromatic heterocycles. The molecule has 1 atom stereocenters. The Morgan fingerprint density at radius 2 is 0.847 bits per heavy atom. The zero-order valence-electron chi connectivity index (χ0n) is 39.4. The SMILES string of the molecule is C1=Cc2c(ccc3c2Oc2c(ccc4ccccc24)C32c3ccccc3-c3ccc(-c4ccc(N(c5ccccc5)c5ccc6c(c5)C5(c7ccccc7-c7ccccc75)c5ccccc5-6)cc4)cc32)CC1. The second-order valence-corrected chi connectivity index (χ2v) is 20.1. The smallest absolute Gasteiger partial charge is 0.140 e. The minimum atomic E-state index is -0.593. The van der Waals surface area contributed by atoms with Crippen molar-refractivity contribution in [2.75, 3.05) is 4.90 Å². The van der Waals surface area contributed by atoms with Gasteiger partial charge in [0.05, 0.1) is 10.8 Å². The summed E-state index contributed by atoms with van der Waals surface area (Å²) in [6.45, 7) is 0. The molecule has 72 heavy (non-hydrogen) atoms. The molecule has 1 heterocycles. The lowest BCUT2D eigenvalue weighted by atomic mass is 9.64. The number of fused-ring (bicyclic) bond motifs is 23. The lowest BCUT2D eigenvalue weighted by Gasteiger charge is -2.41. The molecule has 11 aromatic carbocycles. The van der Waals surface area contributed by atoms with Gasteiger partial charge in [0.2, 0.25) is 0 Å². The Labute approximate surface area is 419 Å². The Hall–Kier alpha value is -8.98. The summed E-state index contributed by atoms with van der Waals surface area (Å²) in [5.41, 5.74) is 25.3. The van der Waals surface area contributed by atoms with E-state index in [1.807, 2.05) is 0 Å². The number of rotatable bonds is 4. The van der Waals surface area contributed by atoms with Crippen LogP contribution < -0.4 is 9.64 Å². The third kappa shape index (κ3) is 5.13. The summed E-state index contributed by atoms with van der Waals surface area (Å²) in [7, 11) is 0. The Morgan fingerprint density at radius 1 is 0.347 bits per heavy atom. The van der Waals surface area contributed by atoms with Crippen LogP contribution in [0, 0.1) is 0 Å². The predicted molar refractivity (Wildman–Crippen MR) is 295 cm³/mol. The van der Waals surface area contributed by atoms with Crippen LogP contribution >= 0.6 is 0 Å². The van der Waals surface area contributed by atoms with E-state index in [0.29, 0.717) is 0 Å². The van der Waals surface area contributed by atoms with Gasteiger partial charge in [-0.3, -0.25) is 0 Å². The molecule has 2 heteroatoms. The van der Waals surface area contributed by atoms with Gasteiger partial charge in [-0.05, 0) is 144 Å². The first kappa shape index (κ1) is 39.8. The molecule has 1 aliphatic heterocycles. The van der Waals surface area contributed by atoms with E-state index < -0.39 is 10.8 Å². The number of hydrogen-bond acceptors (Lipinski definition) is 2. The lowest BCUT2D eigenvalue weighted by Crippen LogP contribution is -2.32. The molecule has 2 nitrogen and oxygen atoms in total. The van der Waals surface area contributed by atoms with Crippen molar-refractivity contribution in [1.29, 1.82) is 0 Å². The van der Waals surface area contributed by atoms with Crippen molar-refractivity contribution in [3.63, 3.8) is 0 Å². The molecule has 336 valence electrons. The molecule has 1 unspecified atom stereocenters. The molecule has 0 saturated heterocycles. The number of aryl methyl sites for hydroxylation is 1. The van der Waals surface area contributed by atoms with Gasteiger partial charge in [-0.1, -0.05) is 206 Å². The molecule has 11 aromatic rings. The summed E-state index contributed by atoms with van der Waals surface area (Å²) in [4.78, 5) is 2.43. The van der Waals surface area contributed by atoms with Crippen LogP contribution in [0.4, 0.5) is 17.1 Å². The van der Waals surface area contributed by atoms with Crippen LogP contribution in [0.2, 0.25) is 0 Å². The van der Waals surface area contributed by atoms with Crippen molar-refractivity contribution >= 4 is 33.9 Å². The maximum absolute atomic E-state index is 7.27. The molecule has 0 saturated carbocycles. The molecule has 0 radical (unpaired) electrons. The average molecular weight is 916 g/mol. The first-order valence-corrected chi connectivity index (χ1v) is 25.4. The first-order chi connectivity index (χ1) is 35.7. The van der Waals surface area contributed by atoms with E-state index in [9.17, 15) is 0 Å². The Morgan fingerprint density at radius 3 is 1.53 bits per heavy atom. The van der Waals surface area contributed by atoms with E-state index >= 15 is 0 Å². The van der Waals surface area contributed by atoms with Gasteiger partial charge >= 0.3 is 0 Å². The Balaban J connectivity index is 0.864. The maximum Gasteiger partial charge on any atom is 0.140 e. The normalized spacial score (nSPS) is 16.2. The van der Waals surface area contributed by atoms with Crippen LogP contribution in [-0.4, -0.2) is 0 Å². The average Bonchev–Trinajstić information content (AvgIpc) is 4.03. The lowest BCUT2D eigenvalue weighted by molar-refractivity contribution is 0.439. The summed E-state index contributed by atoms with van der Waals surface area (Å²) in [5, 5.41) is 2.32. The van der Waals surface area contributed by atoms with Gasteiger partial charge in [-0.25, -0.2) is 0 Å². The number of benzene rings is 11. The van der Waals surface area contributed by atoms with Gasteiger partial charge in [0.15, 0.2) is 0 Å². The Kier molecular flexibility index (Phi) is 8.17. The fraction of sp³-hybridized carbons (Fsp3) is 0.0571. The molecule has 0 amide bonds. The summed E-state index contributed by atoms with van der Waals surface area (Å²) in [6.07, 6.45) is 6.66. The highest BCUT2D eigenvalue weighted by Crippen LogP contribution is 2.66. The van der Waals surface area contributed by atoms with Gasteiger partial charge in [-0.2, -0.15) is 0 Å². The van der Waals surface area contributed by atoms with Crippen LogP contribution in [0.15, 0.2) is 243 Å². The summed E-state index contributed by atoms with van der Waals surface area (Å²) >= 11 is 0. The molecule has 2 spiro atoms. The number of nitrogens with zero attached hydrogens (tertiary/aromatic N) is 1. The van der Waals surface area contributed by atoms with Crippen LogP contribution in [0.1, 0.15) is 62.1 Å². The number of anilines is 3. The fourth-order valence-electron chi connectivity index (χ4n) is 13.9. The van der Waals surface area contributed by atoms with Crippen molar-refractivity contribution in [2.24, 2.45) is 0 Å². The summed E-state index contributed by atoms with van der Waals surface area (Å²) < 4.78 is 7.27. The van der Waals surface area contributed by atoms with E-state index in [4.69, 9.17) is 4.74 Å². The van der Waals surface area contributed by atoms with E-state index in [0.717, 1.165) is 46.8 Å². The topological polar surface area (TPSA) is 12.5 Å². The second kappa shape index (κ2) is 14.8. The second-order valence-electron chi connectivity index (χ2n) is 20.1. The largest absolute Gasteiger partial charge is 0.455 e. The zero-order valence-corrected chi connectivity index (χ0v) is 39.4. The minimum Gasteiger partial charge on any atom is -0.455 e. The van der Waals surface area contributed by atoms with Gasteiger partial charge in [0.1, 0.15) is 11.5 Å². The van der Waals surface area contributed by atoms with E-state index in [-0.39, 0.29) is 0 Å². The fourth-order valence-corrected chi connectivity index (χ4v) is 13.9. The molecular weight excluding hydrogens is 871 g/mol. The number of ether oxygens (including phenoxy) is 1. The molecule has 0 N–H and O–H groups in total. The zero-order chi connectivity index (χ0) is 47.1. The van der Waals surface area contributed by atoms with Gasteiger partial charge in [0, 0.05) is 39.1 Å². The molecule has 16 rings (SSSR count). The first-order valence-electron chi connectivity index (χ1n) is 25.4. The highest BCUT2D eigenvalue weighted by atomic mass is 16.5. The third-order valence-electron chi connectivity index (χ3n) is 16.8. The van der Waals surface area contributed by atoms with Crippen LogP contribution in [0.5, 0.6) is 11.5 Å². The maximum atomic E-state index is 7.27. The highest BCUT2D eigenvalue weighted by molar-refractivity contribution is 5.99. The van der Waals surface area contributed by atoms with E-state index in [2.05, 4.69) is 254 Å². The number of allylic oxidation sites excluding steroid dienone is 1. The van der Waals surface area contributed by atoms with E-state index in [1.165, 1.54) is 106 Å². The minimum absolute atomic E-state index is 0.430. The van der Waals surface area contributed by atoms with E-state index in [1.54, 1.807) is 0 Å². The molecule has 0 fully saturated rings. The van der Waals surface area contributed by atoms with Crippen molar-refractivity contribution in [3.05, 3.63) is 298 Å². The standard InChI is InChI=1S/C70H45NO/c1-2-18-48(19-3-1)71(50-37-39-58-56-25-10-14-28-61(56)69(66(58)43-50)59-26-12-8-22-53(59)54-23-9-13-27-60(54)69)49-35-30-44(31-36-49)47-32-38-57-55-24-11-15-29-62(55)70(65(57)42-47)63-40-33-45-16-4-6-20-51(45)67(63)72-68-52-21-7-5-17-46(52)34-41-64(68)70/h1-4,6-16,18-43H,5,17H2. The summed E-state index contributed by atoms with van der Waals surface area (Å²) in [5.74, 6) is 1.93. The van der Waals surface area contributed by atoms with Crippen molar-refractivity contribution < 1.29 is 4.74 Å². The van der Waals surface area contributed by atoms with Crippen LogP contribution in [0.25, 0.3) is 61.4 Å². The van der Waals surface area contributed by atoms with Crippen molar-refractivity contribution in [2.45, 2.75) is 23.7 Å². The number of hydrogen-bond donors (Lipinski definition) is 0. The third-order valence-corrected chi connectivity index (χ3v) is 16.8. The number of para-hydroxylation sites is 1.